The van der Waals surface area contributed by atoms with Crippen molar-refractivity contribution in [1.29, 1.82) is 0 Å². The van der Waals surface area contributed by atoms with Gasteiger partial charge in [-0.15, -0.1) is 0 Å². The van der Waals surface area contributed by atoms with Crippen LogP contribution in [-0.2, 0) is 0 Å². The first kappa shape index (κ1) is 10.5. The Labute approximate surface area is 72.0 Å². The average molecular weight is 167 g/mol. The van der Waals surface area contributed by atoms with Crippen LogP contribution in [0.5, 0.6) is 5.75 Å². The van der Waals surface area contributed by atoms with Crippen molar-refractivity contribution < 1.29 is 10.3 Å². The standard InChI is InChI=1S/C7H7NO2.C2H6/c9-7-4-2-1-3-6(7)5-8-10;1-2/h1-5,9-10H;1-2H3/b8-5+;. The first-order valence-corrected chi connectivity index (χ1v) is 3.80. The molecule has 0 saturated heterocycles. The van der Waals surface area contributed by atoms with Gasteiger partial charge >= 0.3 is 0 Å². The van der Waals surface area contributed by atoms with Gasteiger partial charge in [-0.05, 0) is 12.1 Å². The highest BCUT2D eigenvalue weighted by Crippen LogP contribution is 2.12. The van der Waals surface area contributed by atoms with Crippen LogP contribution in [-0.4, -0.2) is 16.5 Å². The Balaban J connectivity index is 0.000000561. The maximum atomic E-state index is 9.04. The van der Waals surface area contributed by atoms with Crippen LogP contribution in [0, 0.1) is 0 Å². The van der Waals surface area contributed by atoms with Crippen LogP contribution in [0.2, 0.25) is 0 Å². The van der Waals surface area contributed by atoms with E-state index in [1.54, 1.807) is 18.2 Å². The molecule has 0 atom stereocenters. The van der Waals surface area contributed by atoms with Crippen LogP contribution in [0.25, 0.3) is 0 Å². The summed E-state index contributed by atoms with van der Waals surface area (Å²) in [5, 5.41) is 19.9. The summed E-state index contributed by atoms with van der Waals surface area (Å²) in [6.45, 7) is 4.00. The number of phenols is 1. The zero-order chi connectivity index (χ0) is 9.40. The zero-order valence-corrected chi connectivity index (χ0v) is 7.23. The van der Waals surface area contributed by atoms with Crippen LogP contribution >= 0.6 is 0 Å². The molecule has 0 bridgehead atoms. The molecule has 0 amide bonds. The van der Waals surface area contributed by atoms with Crippen molar-refractivity contribution in [2.45, 2.75) is 13.8 Å². The van der Waals surface area contributed by atoms with Crippen molar-refractivity contribution in [2.24, 2.45) is 5.16 Å². The van der Waals surface area contributed by atoms with Crippen molar-refractivity contribution in [2.75, 3.05) is 0 Å². The van der Waals surface area contributed by atoms with Gasteiger partial charge in [-0.1, -0.05) is 31.1 Å². The molecule has 0 radical (unpaired) electrons. The van der Waals surface area contributed by atoms with Crippen molar-refractivity contribution in [3.63, 3.8) is 0 Å². The number of hydrogen-bond donors (Lipinski definition) is 2. The van der Waals surface area contributed by atoms with E-state index < -0.39 is 0 Å². The van der Waals surface area contributed by atoms with E-state index in [1.807, 2.05) is 13.8 Å². The summed E-state index contributed by atoms with van der Waals surface area (Å²) < 4.78 is 0. The predicted molar refractivity (Wildman–Crippen MR) is 48.8 cm³/mol. The Morgan fingerprint density at radius 3 is 2.33 bits per heavy atom. The Morgan fingerprint density at radius 1 is 1.25 bits per heavy atom. The highest BCUT2D eigenvalue weighted by atomic mass is 16.4. The first-order valence-electron chi connectivity index (χ1n) is 3.80. The topological polar surface area (TPSA) is 52.8 Å². The minimum atomic E-state index is 0.111. The molecule has 3 nitrogen and oxygen atoms in total. The van der Waals surface area contributed by atoms with E-state index in [1.165, 1.54) is 12.3 Å². The van der Waals surface area contributed by atoms with Gasteiger partial charge in [0.25, 0.3) is 0 Å². The van der Waals surface area contributed by atoms with Gasteiger partial charge in [-0.2, -0.15) is 0 Å². The lowest BCUT2D eigenvalue weighted by molar-refractivity contribution is 0.321. The van der Waals surface area contributed by atoms with E-state index in [0.29, 0.717) is 5.56 Å². The van der Waals surface area contributed by atoms with Gasteiger partial charge in [0, 0.05) is 5.56 Å². The molecule has 1 aromatic carbocycles. The van der Waals surface area contributed by atoms with E-state index in [4.69, 9.17) is 10.3 Å². The monoisotopic (exact) mass is 167 g/mol. The maximum Gasteiger partial charge on any atom is 0.124 e. The molecule has 0 aliphatic rings. The number of phenolic OH excluding ortho intramolecular Hbond substituents is 1. The lowest BCUT2D eigenvalue weighted by atomic mass is 10.2. The van der Waals surface area contributed by atoms with Crippen LogP contribution in [0.4, 0.5) is 0 Å². The molecule has 0 aromatic heterocycles. The van der Waals surface area contributed by atoms with E-state index in [-0.39, 0.29) is 5.75 Å². The third-order valence-electron chi connectivity index (χ3n) is 1.13. The van der Waals surface area contributed by atoms with Crippen LogP contribution < -0.4 is 0 Å². The summed E-state index contributed by atoms with van der Waals surface area (Å²) >= 11 is 0. The summed E-state index contributed by atoms with van der Waals surface area (Å²) in [5.41, 5.74) is 0.505. The summed E-state index contributed by atoms with van der Waals surface area (Å²) in [4.78, 5) is 0. The number of benzene rings is 1. The summed E-state index contributed by atoms with van der Waals surface area (Å²) in [6, 6.07) is 6.62. The van der Waals surface area contributed by atoms with Crippen molar-refractivity contribution in [1.82, 2.24) is 0 Å². The normalized spacial score (nSPS) is 9.17. The van der Waals surface area contributed by atoms with Crippen molar-refractivity contribution in [3.8, 4) is 5.75 Å². The van der Waals surface area contributed by atoms with E-state index in [9.17, 15) is 0 Å². The highest BCUT2D eigenvalue weighted by Gasteiger charge is 1.92. The van der Waals surface area contributed by atoms with Gasteiger partial charge in [0.15, 0.2) is 0 Å². The minimum absolute atomic E-state index is 0.111. The Morgan fingerprint density at radius 2 is 1.83 bits per heavy atom. The summed E-state index contributed by atoms with van der Waals surface area (Å²) in [5.74, 6) is 0.111. The second kappa shape index (κ2) is 6.22. The SMILES string of the molecule is CC.O/N=C/c1ccccc1O. The predicted octanol–water partition coefficient (Wildman–Crippen LogP) is 2.23. The Kier molecular flexibility index (Phi) is 5.43. The molecule has 0 aliphatic carbocycles. The third-order valence-corrected chi connectivity index (χ3v) is 1.13. The molecule has 12 heavy (non-hydrogen) atoms. The molecular formula is C9H13NO2. The third kappa shape index (κ3) is 3.05. The second-order valence-corrected chi connectivity index (χ2v) is 1.80. The van der Waals surface area contributed by atoms with Gasteiger partial charge in [-0.25, -0.2) is 0 Å². The molecule has 2 N–H and O–H groups in total. The number of oxime groups is 1. The molecule has 0 spiro atoms. The van der Waals surface area contributed by atoms with E-state index in [2.05, 4.69) is 5.16 Å². The van der Waals surface area contributed by atoms with Gasteiger partial charge in [0.2, 0.25) is 0 Å². The van der Waals surface area contributed by atoms with Crippen LogP contribution in [0.1, 0.15) is 19.4 Å². The van der Waals surface area contributed by atoms with Gasteiger partial charge < -0.3 is 10.3 Å². The maximum absolute atomic E-state index is 9.04. The van der Waals surface area contributed by atoms with Crippen molar-refractivity contribution in [3.05, 3.63) is 29.8 Å². The number of aromatic hydroxyl groups is 1. The molecule has 1 rings (SSSR count). The van der Waals surface area contributed by atoms with E-state index >= 15 is 0 Å². The Hall–Kier alpha value is -1.51. The fourth-order valence-electron chi connectivity index (χ4n) is 0.659. The fourth-order valence-corrected chi connectivity index (χ4v) is 0.659. The second-order valence-electron chi connectivity index (χ2n) is 1.80. The molecule has 0 aliphatic heterocycles. The molecule has 0 heterocycles. The van der Waals surface area contributed by atoms with Gasteiger partial charge in [-0.3, -0.25) is 0 Å². The van der Waals surface area contributed by atoms with Crippen LogP contribution in [0.15, 0.2) is 29.4 Å². The summed E-state index contributed by atoms with van der Waals surface area (Å²) in [6.07, 6.45) is 1.18. The number of hydrogen-bond acceptors (Lipinski definition) is 3. The molecule has 66 valence electrons. The van der Waals surface area contributed by atoms with Crippen molar-refractivity contribution >= 4 is 6.21 Å². The Bertz CT molecular complexity index is 246. The molecule has 3 heteroatoms. The number of para-hydroxylation sites is 1. The quantitative estimate of drug-likeness (QED) is 0.383. The lowest BCUT2D eigenvalue weighted by Crippen LogP contribution is -1.79. The molecular weight excluding hydrogens is 154 g/mol. The highest BCUT2D eigenvalue weighted by molar-refractivity contribution is 5.82. The molecule has 0 unspecified atom stereocenters. The van der Waals surface area contributed by atoms with E-state index in [0.717, 1.165) is 0 Å². The number of nitrogens with zero attached hydrogens (tertiary/aromatic N) is 1. The zero-order valence-electron chi connectivity index (χ0n) is 7.23. The van der Waals surface area contributed by atoms with Gasteiger partial charge in [0.05, 0.1) is 6.21 Å². The largest absolute Gasteiger partial charge is 0.507 e. The molecule has 1 aromatic rings. The fraction of sp³-hybridized carbons (Fsp3) is 0.222. The molecule has 0 saturated carbocycles. The first-order chi connectivity index (χ1) is 5.84. The minimum Gasteiger partial charge on any atom is -0.507 e. The average Bonchev–Trinajstić information content (AvgIpc) is 2.13. The smallest absolute Gasteiger partial charge is 0.124 e. The van der Waals surface area contributed by atoms with Crippen LogP contribution in [0.3, 0.4) is 0 Å². The summed E-state index contributed by atoms with van der Waals surface area (Å²) in [7, 11) is 0. The van der Waals surface area contributed by atoms with Gasteiger partial charge in [0.1, 0.15) is 5.75 Å². The lowest BCUT2D eigenvalue weighted by Gasteiger charge is -1.93. The molecule has 0 fully saturated rings. The number of rotatable bonds is 1.